The minimum absolute atomic E-state index is 0.114. The maximum absolute atomic E-state index is 12.6. The average Bonchev–Trinajstić information content (AvgIpc) is 2.78. The third-order valence-corrected chi connectivity index (χ3v) is 1.91. The second-order valence-corrected chi connectivity index (χ2v) is 3.11. The topological polar surface area (TPSA) is 98.1 Å². The summed E-state index contributed by atoms with van der Waals surface area (Å²) in [6, 6.07) is 1.94. The van der Waals surface area contributed by atoms with Crippen molar-refractivity contribution < 1.29 is 14.0 Å². The lowest BCUT2D eigenvalue weighted by Crippen LogP contribution is -2.14. The highest BCUT2D eigenvalue weighted by molar-refractivity contribution is 5.47. The first-order valence-corrected chi connectivity index (χ1v) is 4.52. The Morgan fingerprint density at radius 2 is 2.31 bits per heavy atom. The number of rotatable bonds is 3. The molecule has 6 nitrogen and oxygen atoms in total. The smallest absolute Gasteiger partial charge is 0.246 e. The highest BCUT2D eigenvalue weighted by Gasteiger charge is 2.15. The van der Waals surface area contributed by atoms with E-state index in [1.54, 1.807) is 0 Å². The Kier molecular flexibility index (Phi) is 2.88. The normalized spacial score (nSPS) is 12.7. The summed E-state index contributed by atoms with van der Waals surface area (Å²) in [5, 5.41) is 12.4. The number of halogens is 1. The quantitative estimate of drug-likeness (QED) is 0.776. The number of aromatic nitrogens is 3. The molecule has 0 bridgehead atoms. The molecule has 0 radical (unpaired) electrons. The van der Waals surface area contributed by atoms with Crippen molar-refractivity contribution in [1.82, 2.24) is 15.1 Å². The van der Waals surface area contributed by atoms with Gasteiger partial charge in [0.1, 0.15) is 17.6 Å². The fourth-order valence-electron chi connectivity index (χ4n) is 1.08. The van der Waals surface area contributed by atoms with E-state index in [4.69, 9.17) is 15.4 Å². The molecule has 0 amide bonds. The van der Waals surface area contributed by atoms with Crippen LogP contribution in [0, 0.1) is 5.82 Å². The lowest BCUT2D eigenvalue weighted by Gasteiger charge is -1.98. The second kappa shape index (κ2) is 4.33. The Labute approximate surface area is 89.9 Å². The summed E-state index contributed by atoms with van der Waals surface area (Å²) < 4.78 is 17.4. The van der Waals surface area contributed by atoms with Gasteiger partial charge in [0, 0.05) is 0 Å². The van der Waals surface area contributed by atoms with Gasteiger partial charge in [-0.2, -0.15) is 4.98 Å². The van der Waals surface area contributed by atoms with E-state index >= 15 is 0 Å². The number of aliphatic hydroxyl groups excluding tert-OH is 1. The Morgan fingerprint density at radius 3 is 2.94 bits per heavy atom. The lowest BCUT2D eigenvalue weighted by molar-refractivity contribution is 0.237. The molecule has 0 fully saturated rings. The number of hydrogen-bond donors (Lipinski definition) is 2. The van der Waals surface area contributed by atoms with Crippen LogP contribution >= 0.6 is 0 Å². The van der Waals surface area contributed by atoms with Crippen molar-refractivity contribution in [3.05, 3.63) is 30.0 Å². The van der Waals surface area contributed by atoms with Crippen LogP contribution in [0.15, 0.2) is 22.9 Å². The predicted molar refractivity (Wildman–Crippen MR) is 51.5 cm³/mol. The minimum Gasteiger partial charge on any atom is -0.394 e. The van der Waals surface area contributed by atoms with Crippen LogP contribution in [0.5, 0.6) is 0 Å². The van der Waals surface area contributed by atoms with Gasteiger partial charge in [0.15, 0.2) is 0 Å². The molecule has 1 atom stereocenters. The van der Waals surface area contributed by atoms with Gasteiger partial charge in [-0.3, -0.25) is 0 Å². The number of hydrogen-bond acceptors (Lipinski definition) is 6. The van der Waals surface area contributed by atoms with Crippen LogP contribution in [0.2, 0.25) is 0 Å². The van der Waals surface area contributed by atoms with E-state index in [0.717, 1.165) is 6.20 Å². The third-order valence-electron chi connectivity index (χ3n) is 1.91. The number of aliphatic hydroxyl groups is 1. The molecule has 0 aliphatic heterocycles. The molecule has 0 aliphatic carbocycles. The fourth-order valence-corrected chi connectivity index (χ4v) is 1.08. The van der Waals surface area contributed by atoms with Gasteiger partial charge < -0.3 is 15.4 Å². The van der Waals surface area contributed by atoms with Crippen molar-refractivity contribution in [1.29, 1.82) is 0 Å². The van der Waals surface area contributed by atoms with E-state index in [-0.39, 0.29) is 18.3 Å². The minimum atomic E-state index is -0.721. The monoisotopic (exact) mass is 224 g/mol. The van der Waals surface area contributed by atoms with Gasteiger partial charge in [0.25, 0.3) is 0 Å². The van der Waals surface area contributed by atoms with Gasteiger partial charge in [-0.25, -0.2) is 9.37 Å². The maximum Gasteiger partial charge on any atom is 0.246 e. The van der Waals surface area contributed by atoms with Gasteiger partial charge >= 0.3 is 0 Å². The summed E-state index contributed by atoms with van der Waals surface area (Å²) in [7, 11) is 0. The molecule has 2 aromatic rings. The van der Waals surface area contributed by atoms with Crippen LogP contribution in [0.1, 0.15) is 11.9 Å². The van der Waals surface area contributed by atoms with E-state index in [2.05, 4.69) is 15.1 Å². The van der Waals surface area contributed by atoms with Crippen molar-refractivity contribution in [3.63, 3.8) is 0 Å². The molecular formula is C9H9FN4O2. The summed E-state index contributed by atoms with van der Waals surface area (Å²) in [4.78, 5) is 7.72. The first-order valence-electron chi connectivity index (χ1n) is 4.52. The molecule has 7 heteroatoms. The second-order valence-electron chi connectivity index (χ2n) is 3.11. The van der Waals surface area contributed by atoms with Gasteiger partial charge in [-0.05, 0) is 12.1 Å². The highest BCUT2D eigenvalue weighted by atomic mass is 19.1. The zero-order chi connectivity index (χ0) is 11.5. The van der Waals surface area contributed by atoms with Crippen LogP contribution in [-0.2, 0) is 0 Å². The molecule has 2 aromatic heterocycles. The highest BCUT2D eigenvalue weighted by Crippen LogP contribution is 2.15. The third kappa shape index (κ3) is 2.05. The summed E-state index contributed by atoms with van der Waals surface area (Å²) in [5.41, 5.74) is 5.86. The molecule has 2 heterocycles. The first kappa shape index (κ1) is 10.7. The number of nitrogens with two attached hydrogens (primary N) is 1. The van der Waals surface area contributed by atoms with Crippen LogP contribution in [0.3, 0.4) is 0 Å². The van der Waals surface area contributed by atoms with E-state index in [1.807, 2.05) is 0 Å². The van der Waals surface area contributed by atoms with Crippen LogP contribution in [0.25, 0.3) is 11.5 Å². The average molecular weight is 224 g/mol. The molecule has 2 rings (SSSR count). The molecule has 16 heavy (non-hydrogen) atoms. The van der Waals surface area contributed by atoms with Crippen LogP contribution < -0.4 is 5.73 Å². The zero-order valence-electron chi connectivity index (χ0n) is 8.17. The summed E-state index contributed by atoms with van der Waals surface area (Å²) in [6.07, 6.45) is 1.05. The van der Waals surface area contributed by atoms with Crippen LogP contribution in [0.4, 0.5) is 4.39 Å². The first-order chi connectivity index (χ1) is 7.70. The molecule has 0 unspecified atom stereocenters. The van der Waals surface area contributed by atoms with Gasteiger partial charge in [0.05, 0.1) is 12.8 Å². The summed E-state index contributed by atoms with van der Waals surface area (Å²) in [5.74, 6) is -0.123. The molecular weight excluding hydrogens is 215 g/mol. The fraction of sp³-hybridized carbons (Fsp3) is 0.222. The van der Waals surface area contributed by atoms with E-state index in [9.17, 15) is 4.39 Å². The molecule has 3 N–H and O–H groups in total. The largest absolute Gasteiger partial charge is 0.394 e. The summed E-state index contributed by atoms with van der Waals surface area (Å²) >= 11 is 0. The standard InChI is InChI=1S/C9H9FN4O2/c10-5-1-2-7(12-3-5)8-13-9(16-14-8)6(11)4-15/h1-3,6,15H,4,11H2/t6-/m1/s1. The Hall–Kier alpha value is -1.86. The van der Waals surface area contributed by atoms with Gasteiger partial charge in [-0.15, -0.1) is 0 Å². The molecule has 0 saturated heterocycles. The van der Waals surface area contributed by atoms with Crippen molar-refractivity contribution >= 4 is 0 Å². The van der Waals surface area contributed by atoms with Crippen molar-refractivity contribution in [2.24, 2.45) is 5.73 Å². The van der Waals surface area contributed by atoms with Crippen molar-refractivity contribution in [3.8, 4) is 11.5 Å². The molecule has 0 aromatic carbocycles. The molecule has 84 valence electrons. The predicted octanol–water partition coefficient (Wildman–Crippen LogP) is 0.263. The zero-order valence-corrected chi connectivity index (χ0v) is 8.17. The van der Waals surface area contributed by atoms with Crippen molar-refractivity contribution in [2.45, 2.75) is 6.04 Å². The Balaban J connectivity index is 2.28. The summed E-state index contributed by atoms with van der Waals surface area (Å²) in [6.45, 7) is -0.293. The SMILES string of the molecule is N[C@H](CO)c1nc(-c2ccc(F)cn2)no1. The number of pyridine rings is 1. The number of nitrogens with zero attached hydrogens (tertiary/aromatic N) is 3. The molecule has 0 aliphatic rings. The van der Waals surface area contributed by atoms with Crippen molar-refractivity contribution in [2.75, 3.05) is 6.61 Å². The van der Waals surface area contributed by atoms with E-state index < -0.39 is 11.9 Å². The van der Waals surface area contributed by atoms with Gasteiger partial charge in [-0.1, -0.05) is 5.16 Å². The Morgan fingerprint density at radius 1 is 1.50 bits per heavy atom. The molecule has 0 saturated carbocycles. The Bertz CT molecular complexity index is 471. The van der Waals surface area contributed by atoms with E-state index in [1.165, 1.54) is 12.1 Å². The van der Waals surface area contributed by atoms with E-state index in [0.29, 0.717) is 5.69 Å². The lowest BCUT2D eigenvalue weighted by atomic mass is 10.3. The van der Waals surface area contributed by atoms with Crippen LogP contribution in [-0.4, -0.2) is 26.8 Å². The maximum atomic E-state index is 12.6. The molecule has 0 spiro atoms. The van der Waals surface area contributed by atoms with Gasteiger partial charge in [0.2, 0.25) is 11.7 Å².